The molecule has 1 heterocycles. The van der Waals surface area contributed by atoms with Gasteiger partial charge in [0.1, 0.15) is 0 Å². The maximum absolute atomic E-state index is 13.4. The topological polar surface area (TPSA) is 74.8 Å². The summed E-state index contributed by atoms with van der Waals surface area (Å²) in [6.07, 6.45) is 0. The van der Waals surface area contributed by atoms with Crippen LogP contribution in [0.15, 0.2) is 84.9 Å². The first-order valence-electron chi connectivity index (χ1n) is 9.04. The molecule has 146 valence electrons. The standard InChI is InChI=1S/C22H18N2O4S/c25-21-19-13-7-8-14-20(19)22(26)24(16-18-11-5-2-6-12-18)29(27,28)23(21)15-17-9-3-1-4-10-17/h1-14H,15-16H2. The van der Waals surface area contributed by atoms with Gasteiger partial charge in [0.05, 0.1) is 24.2 Å². The summed E-state index contributed by atoms with van der Waals surface area (Å²) in [6, 6.07) is 23.8. The Balaban J connectivity index is 1.84. The minimum absolute atomic E-state index is 0.0765. The lowest BCUT2D eigenvalue weighted by Crippen LogP contribution is -2.45. The molecule has 2 amide bonds. The fraction of sp³-hybridized carbons (Fsp3) is 0.0909. The van der Waals surface area contributed by atoms with Crippen molar-refractivity contribution in [1.82, 2.24) is 8.61 Å². The lowest BCUT2D eigenvalue weighted by molar-refractivity contribution is 0.0840. The van der Waals surface area contributed by atoms with Gasteiger partial charge in [0, 0.05) is 0 Å². The molecular weight excluding hydrogens is 388 g/mol. The predicted molar refractivity (Wildman–Crippen MR) is 108 cm³/mol. The van der Waals surface area contributed by atoms with E-state index in [1.807, 2.05) is 12.1 Å². The number of fused-ring (bicyclic) bond motifs is 1. The molecule has 0 saturated heterocycles. The molecule has 0 aromatic heterocycles. The highest BCUT2D eigenvalue weighted by molar-refractivity contribution is 7.87. The van der Waals surface area contributed by atoms with E-state index in [-0.39, 0.29) is 24.2 Å². The van der Waals surface area contributed by atoms with E-state index in [0.29, 0.717) is 11.1 Å². The average Bonchev–Trinajstić information content (AvgIpc) is 2.80. The van der Waals surface area contributed by atoms with Gasteiger partial charge in [-0.2, -0.15) is 8.42 Å². The van der Waals surface area contributed by atoms with Crippen LogP contribution in [0.1, 0.15) is 31.8 Å². The van der Waals surface area contributed by atoms with E-state index in [9.17, 15) is 18.0 Å². The molecule has 1 aliphatic heterocycles. The second-order valence-corrected chi connectivity index (χ2v) is 8.43. The first-order valence-corrected chi connectivity index (χ1v) is 10.4. The monoisotopic (exact) mass is 406 g/mol. The Morgan fingerprint density at radius 2 is 0.897 bits per heavy atom. The predicted octanol–water partition coefficient (Wildman–Crippen LogP) is 3.23. The van der Waals surface area contributed by atoms with Crippen molar-refractivity contribution in [2.75, 3.05) is 0 Å². The van der Waals surface area contributed by atoms with Gasteiger partial charge in [0.15, 0.2) is 0 Å². The highest BCUT2D eigenvalue weighted by Gasteiger charge is 2.42. The third-order valence-corrected chi connectivity index (χ3v) is 6.44. The number of carbonyl (C=O) groups is 2. The molecule has 7 heteroatoms. The molecular formula is C22H18N2O4S. The molecule has 0 N–H and O–H groups in total. The summed E-state index contributed by atoms with van der Waals surface area (Å²) < 4.78 is 28.4. The lowest BCUT2D eigenvalue weighted by atomic mass is 10.1. The Morgan fingerprint density at radius 3 is 1.28 bits per heavy atom. The molecule has 29 heavy (non-hydrogen) atoms. The van der Waals surface area contributed by atoms with Crippen molar-refractivity contribution in [2.45, 2.75) is 13.1 Å². The quantitative estimate of drug-likeness (QED) is 0.667. The second-order valence-electron chi connectivity index (χ2n) is 6.65. The van der Waals surface area contributed by atoms with Crippen LogP contribution in [-0.4, -0.2) is 28.8 Å². The van der Waals surface area contributed by atoms with Crippen LogP contribution in [0.4, 0.5) is 0 Å². The van der Waals surface area contributed by atoms with Crippen molar-refractivity contribution in [2.24, 2.45) is 0 Å². The molecule has 0 atom stereocenters. The van der Waals surface area contributed by atoms with Crippen molar-refractivity contribution in [3.8, 4) is 0 Å². The highest BCUT2D eigenvalue weighted by Crippen LogP contribution is 2.27. The number of hydrogen-bond acceptors (Lipinski definition) is 4. The smallest absolute Gasteiger partial charge is 0.268 e. The van der Waals surface area contributed by atoms with Crippen LogP contribution < -0.4 is 0 Å². The van der Waals surface area contributed by atoms with E-state index in [1.54, 1.807) is 60.7 Å². The Bertz CT molecular complexity index is 1080. The molecule has 1 aliphatic rings. The first kappa shape index (κ1) is 18.9. The molecule has 0 aliphatic carbocycles. The minimum atomic E-state index is -4.40. The van der Waals surface area contributed by atoms with Crippen LogP contribution in [0.5, 0.6) is 0 Å². The van der Waals surface area contributed by atoms with Gasteiger partial charge in [0.25, 0.3) is 11.8 Å². The molecule has 6 nitrogen and oxygen atoms in total. The van der Waals surface area contributed by atoms with Crippen molar-refractivity contribution in [3.05, 3.63) is 107 Å². The summed E-state index contributed by atoms with van der Waals surface area (Å²) in [5.41, 5.74) is 1.45. The molecule has 4 rings (SSSR count). The summed E-state index contributed by atoms with van der Waals surface area (Å²) in [5, 5.41) is 0. The van der Waals surface area contributed by atoms with E-state index in [4.69, 9.17) is 0 Å². The van der Waals surface area contributed by atoms with Gasteiger partial charge in [0.2, 0.25) is 0 Å². The Morgan fingerprint density at radius 1 is 0.552 bits per heavy atom. The summed E-state index contributed by atoms with van der Waals surface area (Å²) in [4.78, 5) is 26.3. The van der Waals surface area contributed by atoms with Gasteiger partial charge < -0.3 is 0 Å². The van der Waals surface area contributed by atoms with E-state index >= 15 is 0 Å². The molecule has 0 bridgehead atoms. The maximum Gasteiger partial charge on any atom is 0.331 e. The van der Waals surface area contributed by atoms with Gasteiger partial charge in [-0.3, -0.25) is 9.59 Å². The zero-order chi connectivity index (χ0) is 20.4. The number of rotatable bonds is 4. The Kier molecular flexibility index (Phi) is 4.90. The Labute approximate surface area is 169 Å². The van der Waals surface area contributed by atoms with Gasteiger partial charge in [-0.1, -0.05) is 72.8 Å². The van der Waals surface area contributed by atoms with Crippen LogP contribution in [0.3, 0.4) is 0 Å². The number of hydrogen-bond donors (Lipinski definition) is 0. The third kappa shape index (κ3) is 3.52. The van der Waals surface area contributed by atoms with Gasteiger partial charge in [-0.25, -0.2) is 8.61 Å². The Hall–Kier alpha value is -3.45. The molecule has 0 radical (unpaired) electrons. The van der Waals surface area contributed by atoms with Crippen molar-refractivity contribution in [3.63, 3.8) is 0 Å². The van der Waals surface area contributed by atoms with Crippen LogP contribution in [-0.2, 0) is 23.3 Å². The lowest BCUT2D eigenvalue weighted by Gasteiger charge is -2.27. The van der Waals surface area contributed by atoms with Crippen LogP contribution in [0.25, 0.3) is 0 Å². The van der Waals surface area contributed by atoms with E-state index in [2.05, 4.69) is 0 Å². The highest BCUT2D eigenvalue weighted by atomic mass is 32.2. The van der Waals surface area contributed by atoms with Crippen LogP contribution in [0.2, 0.25) is 0 Å². The summed E-state index contributed by atoms with van der Waals surface area (Å²) in [7, 11) is -4.40. The fourth-order valence-corrected chi connectivity index (χ4v) is 4.74. The first-order chi connectivity index (χ1) is 14.0. The zero-order valence-corrected chi connectivity index (χ0v) is 16.2. The van der Waals surface area contributed by atoms with Crippen molar-refractivity contribution in [1.29, 1.82) is 0 Å². The average molecular weight is 406 g/mol. The molecule has 3 aromatic rings. The SMILES string of the molecule is O=C1c2ccccc2C(=O)N(Cc2ccccc2)S(=O)(=O)N1Cc1ccccc1. The maximum atomic E-state index is 13.4. The molecule has 0 unspecified atom stereocenters. The fourth-order valence-electron chi connectivity index (χ4n) is 3.26. The second kappa shape index (κ2) is 7.52. The van der Waals surface area contributed by atoms with E-state index < -0.39 is 22.0 Å². The van der Waals surface area contributed by atoms with E-state index in [1.165, 1.54) is 12.1 Å². The van der Waals surface area contributed by atoms with Crippen LogP contribution in [0, 0.1) is 0 Å². The number of carbonyl (C=O) groups excluding carboxylic acids is 2. The van der Waals surface area contributed by atoms with E-state index in [0.717, 1.165) is 8.61 Å². The van der Waals surface area contributed by atoms with Gasteiger partial charge in [-0.15, -0.1) is 0 Å². The molecule has 3 aromatic carbocycles. The van der Waals surface area contributed by atoms with Gasteiger partial charge >= 0.3 is 10.2 Å². The third-order valence-electron chi connectivity index (χ3n) is 4.74. The van der Waals surface area contributed by atoms with Crippen molar-refractivity contribution >= 4 is 22.0 Å². The minimum Gasteiger partial charge on any atom is -0.268 e. The molecule has 0 spiro atoms. The number of amides is 2. The summed E-state index contributed by atoms with van der Waals surface area (Å²) in [6.45, 7) is -0.316. The molecule has 0 saturated carbocycles. The van der Waals surface area contributed by atoms with Crippen molar-refractivity contribution < 1.29 is 18.0 Å². The van der Waals surface area contributed by atoms with Crippen LogP contribution >= 0.6 is 0 Å². The summed E-state index contributed by atoms with van der Waals surface area (Å²) in [5.74, 6) is -1.43. The van der Waals surface area contributed by atoms with Gasteiger partial charge in [-0.05, 0) is 23.3 Å². The zero-order valence-electron chi connectivity index (χ0n) is 15.4. The molecule has 0 fully saturated rings. The normalized spacial score (nSPS) is 15.7. The summed E-state index contributed by atoms with van der Waals surface area (Å²) >= 11 is 0. The number of benzene rings is 3. The largest absolute Gasteiger partial charge is 0.331 e. The number of nitrogens with zero attached hydrogens (tertiary/aromatic N) is 2.